The summed E-state index contributed by atoms with van der Waals surface area (Å²) in [5.41, 5.74) is 7.07. The van der Waals surface area contributed by atoms with E-state index in [-0.39, 0.29) is 20.3 Å². The predicted octanol–water partition coefficient (Wildman–Crippen LogP) is 7.26. The van der Waals surface area contributed by atoms with Gasteiger partial charge in [0.1, 0.15) is 6.04 Å². The number of hydrogen-bond donors (Lipinski definition) is 3. The second-order valence-corrected chi connectivity index (χ2v) is 15.9. The highest BCUT2D eigenvalue weighted by atomic mass is 32.2. The molecule has 0 spiro atoms. The molecule has 1 aliphatic rings. The maximum Gasteiger partial charge on any atom is 0.407 e. The van der Waals surface area contributed by atoms with Crippen LogP contribution in [-0.4, -0.2) is 68.1 Å². The van der Waals surface area contributed by atoms with Crippen LogP contribution in [0.1, 0.15) is 58.0 Å². The molecule has 1 heterocycles. The normalized spacial score (nSPS) is 16.5. The van der Waals surface area contributed by atoms with Gasteiger partial charge in [0.2, 0.25) is 15.9 Å². The molecular weight excluding hydrogens is 742 g/mol. The molecule has 9 nitrogen and oxygen atoms in total. The third kappa shape index (κ3) is 9.41. The number of amides is 1. The summed E-state index contributed by atoms with van der Waals surface area (Å²) in [4.78, 5) is 26.0. The van der Waals surface area contributed by atoms with E-state index in [2.05, 4.69) is 5.32 Å². The van der Waals surface area contributed by atoms with Crippen LogP contribution in [0.5, 0.6) is 0 Å². The average Bonchev–Trinajstić information content (AvgIpc) is 3.59. The molecule has 0 saturated heterocycles. The molecular formula is C37H38F5N3O6S2. The maximum absolute atomic E-state index is 14.9. The number of rotatable bonds is 15. The van der Waals surface area contributed by atoms with Gasteiger partial charge in [-0.1, -0.05) is 60.7 Å². The van der Waals surface area contributed by atoms with Crippen molar-refractivity contribution in [3.8, 4) is 0 Å². The Kier molecular flexibility index (Phi) is 12.3. The minimum atomic E-state index is -4.98. The van der Waals surface area contributed by atoms with Crippen molar-refractivity contribution in [2.75, 3.05) is 26.0 Å². The summed E-state index contributed by atoms with van der Waals surface area (Å²) in [6.07, 6.45) is -8.31. The Balaban J connectivity index is 1.50. The number of alkyl carbamates (subject to hydrolysis) is 1. The molecule has 1 fully saturated rings. The van der Waals surface area contributed by atoms with Gasteiger partial charge in [-0.2, -0.15) is 17.5 Å². The lowest BCUT2D eigenvalue weighted by atomic mass is 9.81. The van der Waals surface area contributed by atoms with Gasteiger partial charge in [0.25, 0.3) is 0 Å². The fourth-order valence-corrected chi connectivity index (χ4v) is 9.51. The van der Waals surface area contributed by atoms with Crippen LogP contribution in [0.2, 0.25) is 0 Å². The number of ketones is 1. The minimum absolute atomic E-state index is 0.00462. The lowest BCUT2D eigenvalue weighted by Crippen LogP contribution is -2.46. The maximum atomic E-state index is 14.9. The molecule has 1 aliphatic carbocycles. The molecule has 5 rings (SSSR count). The standard InChI is InChI=1S/C37H38F5N3O6S2/c1-51-35(48)44-34(33(24-8-4-2-5-9-24)25-10-6-3-7-11-25)30(47)18-28(37(40,41)42)31-16-17-32(52-31)29(22-46)45(21-23-19-36(38,39)20-23)53(49,50)27-14-12-26(43)13-15-27/h2-17,23,28-29,33-34,46H,18-22,43H2,1H3,(H,44,48)/t28-,29-,34-/m1/s1. The molecule has 1 amide bonds. The second-order valence-electron chi connectivity index (χ2n) is 12.9. The summed E-state index contributed by atoms with van der Waals surface area (Å²) in [6, 6.07) is 21.5. The number of thiophene rings is 1. The van der Waals surface area contributed by atoms with Crippen LogP contribution < -0.4 is 11.1 Å². The summed E-state index contributed by atoms with van der Waals surface area (Å²) in [6.45, 7) is -1.31. The summed E-state index contributed by atoms with van der Waals surface area (Å²) in [7, 11) is -3.42. The van der Waals surface area contributed by atoms with Crippen LogP contribution in [0.4, 0.5) is 32.4 Å². The van der Waals surface area contributed by atoms with Gasteiger partial charge in [0.05, 0.1) is 30.6 Å². The van der Waals surface area contributed by atoms with Crippen molar-refractivity contribution in [2.45, 2.75) is 60.2 Å². The Bertz CT molecular complexity index is 1910. The monoisotopic (exact) mass is 779 g/mol. The Morgan fingerprint density at radius 1 is 0.943 bits per heavy atom. The number of alkyl halides is 5. The van der Waals surface area contributed by atoms with E-state index < -0.39 is 96.3 Å². The van der Waals surface area contributed by atoms with Gasteiger partial charge in [-0.25, -0.2) is 22.0 Å². The van der Waals surface area contributed by atoms with E-state index in [1.54, 1.807) is 60.7 Å². The van der Waals surface area contributed by atoms with Crippen LogP contribution in [-0.2, 0) is 19.6 Å². The Hall–Kier alpha value is -4.38. The molecule has 1 saturated carbocycles. The van der Waals surface area contributed by atoms with Crippen molar-refractivity contribution >= 4 is 38.9 Å². The van der Waals surface area contributed by atoms with Crippen LogP contribution in [0.3, 0.4) is 0 Å². The van der Waals surface area contributed by atoms with E-state index in [0.29, 0.717) is 22.5 Å². The fraction of sp³-hybridized carbons (Fsp3) is 0.351. The third-order valence-corrected chi connectivity index (χ3v) is 12.4. The summed E-state index contributed by atoms with van der Waals surface area (Å²) in [5, 5.41) is 13.0. The van der Waals surface area contributed by atoms with Crippen molar-refractivity contribution in [3.63, 3.8) is 0 Å². The largest absolute Gasteiger partial charge is 0.453 e. The van der Waals surface area contributed by atoms with Gasteiger partial charge in [-0.3, -0.25) is 4.79 Å². The first kappa shape index (κ1) is 39.8. The van der Waals surface area contributed by atoms with Gasteiger partial charge >= 0.3 is 12.3 Å². The number of nitrogens with zero attached hydrogens (tertiary/aromatic N) is 1. The molecule has 0 radical (unpaired) electrons. The van der Waals surface area contributed by atoms with Crippen LogP contribution in [0.25, 0.3) is 0 Å². The number of halogens is 5. The first-order chi connectivity index (χ1) is 25.0. The molecule has 4 aromatic rings. The Labute approximate surface area is 307 Å². The number of nitrogen functional groups attached to an aromatic ring is 1. The number of aliphatic hydroxyl groups excluding tert-OH is 1. The zero-order chi connectivity index (χ0) is 38.6. The summed E-state index contributed by atoms with van der Waals surface area (Å²) in [5.74, 6) is -8.01. The molecule has 16 heteroatoms. The number of hydrogen-bond acceptors (Lipinski definition) is 8. The van der Waals surface area contributed by atoms with E-state index in [1.165, 1.54) is 30.3 Å². The quantitative estimate of drug-likeness (QED) is 0.0853. The molecule has 0 bridgehead atoms. The third-order valence-electron chi connectivity index (χ3n) is 9.20. The van der Waals surface area contributed by atoms with Crippen molar-refractivity contribution in [3.05, 3.63) is 118 Å². The number of benzene rings is 3. The van der Waals surface area contributed by atoms with Crippen molar-refractivity contribution in [1.82, 2.24) is 9.62 Å². The molecule has 0 aliphatic heterocycles. The van der Waals surface area contributed by atoms with Gasteiger partial charge < -0.3 is 20.9 Å². The van der Waals surface area contributed by atoms with E-state index >= 15 is 0 Å². The number of Topliss-reactive ketones (excluding diaryl/α,β-unsaturated/α-hetero) is 1. The number of carbonyl (C=O) groups is 2. The first-order valence-corrected chi connectivity index (χ1v) is 18.8. The number of nitrogens with one attached hydrogen (secondary N) is 1. The van der Waals surface area contributed by atoms with Crippen LogP contribution in [0.15, 0.2) is 102 Å². The number of sulfonamides is 1. The van der Waals surface area contributed by atoms with E-state index in [0.717, 1.165) is 17.5 Å². The van der Waals surface area contributed by atoms with Gasteiger partial charge in [-0.15, -0.1) is 11.3 Å². The zero-order valence-corrected chi connectivity index (χ0v) is 30.0. The number of nitrogens with two attached hydrogens (primary N) is 1. The molecule has 3 aromatic carbocycles. The fourth-order valence-electron chi connectivity index (χ4n) is 6.53. The molecule has 284 valence electrons. The molecule has 53 heavy (non-hydrogen) atoms. The van der Waals surface area contributed by atoms with Gasteiger partial charge in [0, 0.05) is 47.2 Å². The Morgan fingerprint density at radius 3 is 1.98 bits per heavy atom. The highest BCUT2D eigenvalue weighted by Crippen LogP contribution is 2.46. The smallest absolute Gasteiger partial charge is 0.407 e. The number of anilines is 1. The summed E-state index contributed by atoms with van der Waals surface area (Å²) >= 11 is 0.550. The highest BCUT2D eigenvalue weighted by Gasteiger charge is 2.49. The number of methoxy groups -OCH3 is 1. The number of aliphatic hydroxyl groups is 1. The van der Waals surface area contributed by atoms with Gasteiger partial charge in [-0.05, 0) is 53.4 Å². The molecule has 3 atom stereocenters. The lowest BCUT2D eigenvalue weighted by Gasteiger charge is -2.39. The second kappa shape index (κ2) is 16.3. The Morgan fingerprint density at radius 2 is 1.49 bits per heavy atom. The minimum Gasteiger partial charge on any atom is -0.453 e. The predicted molar refractivity (Wildman–Crippen MR) is 189 cm³/mol. The topological polar surface area (TPSA) is 139 Å². The van der Waals surface area contributed by atoms with Crippen molar-refractivity contribution in [2.24, 2.45) is 5.92 Å². The lowest BCUT2D eigenvalue weighted by molar-refractivity contribution is -0.156. The zero-order valence-electron chi connectivity index (χ0n) is 28.4. The van der Waals surface area contributed by atoms with E-state index in [1.807, 2.05) is 0 Å². The van der Waals surface area contributed by atoms with Crippen molar-refractivity contribution < 1.29 is 49.8 Å². The van der Waals surface area contributed by atoms with Crippen LogP contribution >= 0.6 is 11.3 Å². The number of carbonyl (C=O) groups excluding carboxylic acids is 2. The number of ether oxygens (including phenoxy) is 1. The molecule has 0 unspecified atom stereocenters. The average molecular weight is 780 g/mol. The first-order valence-electron chi connectivity index (χ1n) is 16.5. The van der Waals surface area contributed by atoms with Crippen molar-refractivity contribution in [1.29, 1.82) is 0 Å². The SMILES string of the molecule is COC(=O)N[C@H](C(=O)C[C@H](c1ccc([C@@H](CO)N(CC2CC(F)(F)C2)S(=O)(=O)c2ccc(N)cc2)s1)C(F)(F)F)C(c1ccccc1)c1ccccc1. The highest BCUT2D eigenvalue weighted by molar-refractivity contribution is 7.89. The molecule has 1 aromatic heterocycles. The van der Waals surface area contributed by atoms with Crippen LogP contribution in [0, 0.1) is 5.92 Å². The van der Waals surface area contributed by atoms with Gasteiger partial charge in [0.15, 0.2) is 5.78 Å². The molecule has 4 N–H and O–H groups in total. The van der Waals surface area contributed by atoms with E-state index in [4.69, 9.17) is 10.5 Å². The summed E-state index contributed by atoms with van der Waals surface area (Å²) < 4.78 is 106. The van der Waals surface area contributed by atoms with E-state index in [9.17, 15) is 45.1 Å².